The van der Waals surface area contributed by atoms with Crippen molar-refractivity contribution in [1.29, 1.82) is 0 Å². The van der Waals surface area contributed by atoms with Gasteiger partial charge < -0.3 is 9.88 Å². The van der Waals surface area contributed by atoms with Gasteiger partial charge in [-0.25, -0.2) is 4.98 Å². The zero-order valence-electron chi connectivity index (χ0n) is 16.5. The average Bonchev–Trinajstić information content (AvgIpc) is 3.51. The number of aryl methyl sites for hydroxylation is 1. The fourth-order valence-electron chi connectivity index (χ4n) is 3.35. The van der Waals surface area contributed by atoms with Gasteiger partial charge in [-0.3, -0.25) is 9.59 Å². The van der Waals surface area contributed by atoms with Crippen LogP contribution in [0.3, 0.4) is 0 Å². The number of rotatable bonds is 7. The normalized spacial score (nSPS) is 14.4. The summed E-state index contributed by atoms with van der Waals surface area (Å²) < 4.78 is 1.91. The Morgan fingerprint density at radius 3 is 2.83 bits per heavy atom. The molecule has 1 aliphatic rings. The molecule has 2 aromatic heterocycles. The summed E-state index contributed by atoms with van der Waals surface area (Å²) in [5.74, 6) is 1.18. The van der Waals surface area contributed by atoms with Gasteiger partial charge in [0.05, 0.1) is 0 Å². The molecule has 1 saturated carbocycles. The number of benzene rings is 1. The predicted octanol–water partition coefficient (Wildman–Crippen LogP) is 3.50. The lowest BCUT2D eigenvalue weighted by atomic mass is 9.97. The van der Waals surface area contributed by atoms with Crippen molar-refractivity contribution in [2.24, 2.45) is 7.05 Å². The highest BCUT2D eigenvalue weighted by molar-refractivity contribution is 6.03. The van der Waals surface area contributed by atoms with Crippen LogP contribution in [0.2, 0.25) is 0 Å². The molecule has 1 amide bonds. The zero-order valence-corrected chi connectivity index (χ0v) is 16.5. The first-order valence-electron chi connectivity index (χ1n) is 9.75. The standard InChI is InChI=1S/C22H23N5O2/c1-14(8-21-26-23-13-27(21)2)17-4-3-5-18(11-17)24-22(29)20-10-15(12-28)9-19(25-20)16-6-7-16/h3-5,9-14,16H,6-8H2,1-2H3,(H,24,29). The van der Waals surface area contributed by atoms with E-state index >= 15 is 0 Å². The highest BCUT2D eigenvalue weighted by Gasteiger charge is 2.26. The molecular weight excluding hydrogens is 366 g/mol. The summed E-state index contributed by atoms with van der Waals surface area (Å²) in [4.78, 5) is 28.5. The molecule has 29 heavy (non-hydrogen) atoms. The van der Waals surface area contributed by atoms with Gasteiger partial charge >= 0.3 is 0 Å². The van der Waals surface area contributed by atoms with Gasteiger partial charge in [-0.1, -0.05) is 19.1 Å². The lowest BCUT2D eigenvalue weighted by Crippen LogP contribution is -2.15. The molecule has 0 aliphatic heterocycles. The van der Waals surface area contributed by atoms with E-state index < -0.39 is 0 Å². The van der Waals surface area contributed by atoms with Crippen LogP contribution in [0.5, 0.6) is 0 Å². The Kier molecular flexibility index (Phi) is 5.20. The second-order valence-corrected chi connectivity index (χ2v) is 7.65. The summed E-state index contributed by atoms with van der Waals surface area (Å²) in [5, 5.41) is 11.0. The van der Waals surface area contributed by atoms with E-state index in [1.54, 1.807) is 12.4 Å². The fraction of sp³-hybridized carbons (Fsp3) is 0.318. The van der Waals surface area contributed by atoms with Crippen molar-refractivity contribution in [3.63, 3.8) is 0 Å². The summed E-state index contributed by atoms with van der Waals surface area (Å²) >= 11 is 0. The maximum atomic E-state index is 12.7. The molecule has 0 saturated heterocycles. The van der Waals surface area contributed by atoms with Crippen molar-refractivity contribution in [2.45, 2.75) is 38.0 Å². The lowest BCUT2D eigenvalue weighted by molar-refractivity contribution is 0.102. The van der Waals surface area contributed by atoms with E-state index in [4.69, 9.17) is 0 Å². The van der Waals surface area contributed by atoms with E-state index in [2.05, 4.69) is 27.4 Å². The van der Waals surface area contributed by atoms with Gasteiger partial charge in [0, 0.05) is 36.3 Å². The minimum atomic E-state index is -0.311. The largest absolute Gasteiger partial charge is 0.321 e. The molecule has 3 aromatic rings. The van der Waals surface area contributed by atoms with Crippen molar-refractivity contribution in [3.8, 4) is 0 Å². The van der Waals surface area contributed by atoms with Gasteiger partial charge in [0.15, 0.2) is 0 Å². The fourth-order valence-corrected chi connectivity index (χ4v) is 3.35. The van der Waals surface area contributed by atoms with Crippen LogP contribution in [0.4, 0.5) is 5.69 Å². The third-order valence-electron chi connectivity index (χ3n) is 5.24. The molecule has 0 spiro atoms. The molecule has 1 atom stereocenters. The molecule has 7 heteroatoms. The van der Waals surface area contributed by atoms with Crippen molar-refractivity contribution >= 4 is 17.9 Å². The number of hydrogen-bond acceptors (Lipinski definition) is 5. The molecular formula is C22H23N5O2. The van der Waals surface area contributed by atoms with Crippen LogP contribution in [0.1, 0.15) is 69.5 Å². The van der Waals surface area contributed by atoms with E-state index in [1.807, 2.05) is 35.9 Å². The van der Waals surface area contributed by atoms with E-state index in [0.717, 1.165) is 42.6 Å². The number of hydrogen-bond donors (Lipinski definition) is 1. The first-order chi connectivity index (χ1) is 14.0. The number of nitrogens with zero attached hydrogens (tertiary/aromatic N) is 4. The first-order valence-corrected chi connectivity index (χ1v) is 9.75. The molecule has 0 radical (unpaired) electrons. The van der Waals surface area contributed by atoms with Gasteiger partial charge in [-0.05, 0) is 48.6 Å². The third-order valence-corrected chi connectivity index (χ3v) is 5.24. The number of amides is 1. The van der Waals surface area contributed by atoms with E-state index in [-0.39, 0.29) is 17.5 Å². The Morgan fingerprint density at radius 1 is 1.31 bits per heavy atom. The number of aromatic nitrogens is 4. The quantitative estimate of drug-likeness (QED) is 0.625. The Hall–Kier alpha value is -3.35. The third kappa shape index (κ3) is 4.39. The minimum Gasteiger partial charge on any atom is -0.321 e. The van der Waals surface area contributed by atoms with Crippen LogP contribution >= 0.6 is 0 Å². The summed E-state index contributed by atoms with van der Waals surface area (Å²) in [7, 11) is 1.93. The Balaban J connectivity index is 1.50. The summed E-state index contributed by atoms with van der Waals surface area (Å²) in [6, 6.07) is 11.1. The van der Waals surface area contributed by atoms with Crippen LogP contribution in [-0.4, -0.2) is 31.9 Å². The molecule has 4 rings (SSSR count). The molecule has 1 N–H and O–H groups in total. The van der Waals surface area contributed by atoms with Gasteiger partial charge in [0.1, 0.15) is 24.1 Å². The molecule has 1 unspecified atom stereocenters. The van der Waals surface area contributed by atoms with Gasteiger partial charge in [0.2, 0.25) is 0 Å². The van der Waals surface area contributed by atoms with Crippen molar-refractivity contribution in [3.05, 3.63) is 71.1 Å². The number of aldehydes is 1. The Morgan fingerprint density at radius 2 is 2.14 bits per heavy atom. The van der Waals surface area contributed by atoms with E-state index in [0.29, 0.717) is 17.2 Å². The maximum absolute atomic E-state index is 12.7. The smallest absolute Gasteiger partial charge is 0.274 e. The molecule has 0 bridgehead atoms. The predicted molar refractivity (Wildman–Crippen MR) is 109 cm³/mol. The average molecular weight is 389 g/mol. The highest BCUT2D eigenvalue weighted by Crippen LogP contribution is 2.39. The number of carbonyl (C=O) groups is 2. The number of anilines is 1. The van der Waals surface area contributed by atoms with Gasteiger partial charge in [-0.2, -0.15) is 0 Å². The second kappa shape index (κ2) is 7.95. The molecule has 148 valence electrons. The van der Waals surface area contributed by atoms with E-state index in [9.17, 15) is 9.59 Å². The molecule has 7 nitrogen and oxygen atoms in total. The summed E-state index contributed by atoms with van der Waals surface area (Å²) in [6.45, 7) is 2.12. The van der Waals surface area contributed by atoms with Crippen LogP contribution in [-0.2, 0) is 13.5 Å². The van der Waals surface area contributed by atoms with Crippen LogP contribution in [0.25, 0.3) is 0 Å². The zero-order chi connectivity index (χ0) is 20.4. The monoisotopic (exact) mass is 389 g/mol. The lowest BCUT2D eigenvalue weighted by Gasteiger charge is -2.13. The molecule has 1 fully saturated rings. The maximum Gasteiger partial charge on any atom is 0.274 e. The summed E-state index contributed by atoms with van der Waals surface area (Å²) in [6.07, 6.45) is 5.32. The Bertz CT molecular complexity index is 1050. The van der Waals surface area contributed by atoms with Crippen LogP contribution in [0, 0.1) is 0 Å². The number of nitrogens with one attached hydrogen (secondary N) is 1. The molecule has 1 aliphatic carbocycles. The highest BCUT2D eigenvalue weighted by atomic mass is 16.1. The van der Waals surface area contributed by atoms with Crippen LogP contribution < -0.4 is 5.32 Å². The first kappa shape index (κ1) is 19.0. The van der Waals surface area contributed by atoms with Crippen LogP contribution in [0.15, 0.2) is 42.7 Å². The second-order valence-electron chi connectivity index (χ2n) is 7.65. The SMILES string of the molecule is CC(Cc1nncn1C)c1cccc(NC(=O)c2cc(C=O)cc(C3CC3)n2)c1. The molecule has 2 heterocycles. The van der Waals surface area contributed by atoms with Crippen molar-refractivity contribution in [2.75, 3.05) is 5.32 Å². The topological polar surface area (TPSA) is 89.8 Å². The number of pyridine rings is 1. The minimum absolute atomic E-state index is 0.215. The summed E-state index contributed by atoms with van der Waals surface area (Å²) in [5.41, 5.74) is 3.38. The van der Waals surface area contributed by atoms with Gasteiger partial charge in [-0.15, -0.1) is 10.2 Å². The van der Waals surface area contributed by atoms with E-state index in [1.165, 1.54) is 6.07 Å². The van der Waals surface area contributed by atoms with Crippen molar-refractivity contribution in [1.82, 2.24) is 19.7 Å². The van der Waals surface area contributed by atoms with Crippen molar-refractivity contribution < 1.29 is 9.59 Å². The van der Waals surface area contributed by atoms with Gasteiger partial charge in [0.25, 0.3) is 5.91 Å². The number of carbonyl (C=O) groups excluding carboxylic acids is 2. The molecule has 1 aromatic carbocycles. The Labute approximate surface area is 169 Å².